The molecule has 0 aromatic heterocycles. The van der Waals surface area contributed by atoms with E-state index in [4.69, 9.17) is 65.4 Å². The third-order valence-corrected chi connectivity index (χ3v) is 6.55. The Hall–Kier alpha value is -0.640. The summed E-state index contributed by atoms with van der Waals surface area (Å²) < 4.78 is 23.8. The maximum Gasteiger partial charge on any atom is 0.186 e. The summed E-state index contributed by atoms with van der Waals surface area (Å²) in [7, 11) is 0. The van der Waals surface area contributed by atoms with Gasteiger partial charge in [0, 0.05) is 11.1 Å². The molecule has 2 N–H and O–H groups in total. The van der Waals surface area contributed by atoms with E-state index in [9.17, 15) is 10.2 Å². The largest absolute Gasteiger partial charge is 0.394 e. The summed E-state index contributed by atoms with van der Waals surface area (Å²) in [5.41, 5.74) is 1.16. The fraction of sp³-hybridized carbons (Fsp3) is 0.400. The van der Waals surface area contributed by atoms with Gasteiger partial charge in [0.1, 0.15) is 24.4 Å². The molecule has 2 saturated heterocycles. The second-order valence-corrected chi connectivity index (χ2v) is 8.54. The summed E-state index contributed by atoms with van der Waals surface area (Å²) in [6, 6.07) is 10.1. The molecule has 2 heterocycles. The zero-order valence-electron chi connectivity index (χ0n) is 15.4. The minimum Gasteiger partial charge on any atom is -0.394 e. The van der Waals surface area contributed by atoms with Gasteiger partial charge < -0.3 is 29.2 Å². The molecule has 0 spiro atoms. The van der Waals surface area contributed by atoms with Crippen LogP contribution in [-0.4, -0.2) is 47.8 Å². The Labute approximate surface area is 193 Å². The number of halogens is 4. The first kappa shape index (κ1) is 22.6. The number of benzene rings is 2. The predicted molar refractivity (Wildman–Crippen MR) is 112 cm³/mol. The summed E-state index contributed by atoms with van der Waals surface area (Å²) in [5.74, 6) is 0. The van der Waals surface area contributed by atoms with Gasteiger partial charge in [-0.3, -0.25) is 0 Å². The molecule has 2 aromatic rings. The normalized spacial score (nSPS) is 30.0. The lowest BCUT2D eigenvalue weighted by Crippen LogP contribution is -2.58. The van der Waals surface area contributed by atoms with E-state index in [-0.39, 0.29) is 11.6 Å². The zero-order valence-corrected chi connectivity index (χ0v) is 18.4. The summed E-state index contributed by atoms with van der Waals surface area (Å²) in [4.78, 5) is 0. The molecule has 162 valence electrons. The van der Waals surface area contributed by atoms with Crippen LogP contribution < -0.4 is 0 Å². The number of fused-ring (bicyclic) bond motifs is 1. The molecule has 6 atom stereocenters. The van der Waals surface area contributed by atoms with Gasteiger partial charge in [-0.25, -0.2) is 0 Å². The van der Waals surface area contributed by atoms with Crippen molar-refractivity contribution < 1.29 is 29.2 Å². The summed E-state index contributed by atoms with van der Waals surface area (Å²) in [6.45, 7) is -0.367. The van der Waals surface area contributed by atoms with Crippen molar-refractivity contribution in [1.82, 2.24) is 0 Å². The SMILES string of the molecule is OC[C@@H](O)[C@H]1OC(c2cccc(Cl)c2Cl)O[C@H]2COC(c3ccc(Cl)c(Cl)c3)O[C@@H]12. The molecule has 2 fully saturated rings. The molecule has 2 aliphatic rings. The first-order valence-electron chi connectivity index (χ1n) is 9.14. The topological polar surface area (TPSA) is 77.4 Å². The third kappa shape index (κ3) is 4.45. The van der Waals surface area contributed by atoms with Crippen molar-refractivity contribution in [1.29, 1.82) is 0 Å². The molecular weight excluding hydrogens is 478 g/mol. The Kier molecular flexibility index (Phi) is 7.11. The van der Waals surface area contributed by atoms with Crippen LogP contribution in [0.2, 0.25) is 20.1 Å². The molecule has 0 saturated carbocycles. The van der Waals surface area contributed by atoms with Gasteiger partial charge in [0.15, 0.2) is 12.6 Å². The van der Waals surface area contributed by atoms with Gasteiger partial charge in [-0.05, 0) is 18.2 Å². The van der Waals surface area contributed by atoms with Crippen molar-refractivity contribution in [3.8, 4) is 0 Å². The molecule has 0 bridgehead atoms. The fourth-order valence-corrected chi connectivity index (χ4v) is 4.16. The van der Waals surface area contributed by atoms with Crippen LogP contribution in [0.4, 0.5) is 0 Å². The minimum atomic E-state index is -1.21. The minimum absolute atomic E-state index is 0.155. The molecule has 0 amide bonds. The zero-order chi connectivity index (χ0) is 21.4. The molecule has 2 aliphatic heterocycles. The summed E-state index contributed by atoms with van der Waals surface area (Å²) in [5, 5.41) is 21.3. The molecule has 2 unspecified atom stereocenters. The van der Waals surface area contributed by atoms with Crippen molar-refractivity contribution >= 4 is 46.4 Å². The van der Waals surface area contributed by atoms with E-state index in [2.05, 4.69) is 0 Å². The van der Waals surface area contributed by atoms with E-state index in [0.29, 0.717) is 26.2 Å². The standard InChI is InChI=1S/C20H18Cl4O6/c21-11-5-4-9(6-13(11)23)19-27-8-15-18(30-19)17(14(26)7-25)29-20(28-15)10-2-1-3-12(22)16(10)24/h1-6,14-15,17-20,25-26H,7-8H2/t14-,15+,17-,18-,19?,20?/m1/s1. The van der Waals surface area contributed by atoms with Crippen molar-refractivity contribution in [2.45, 2.75) is 37.0 Å². The Bertz CT molecular complexity index is 913. The van der Waals surface area contributed by atoms with Crippen LogP contribution in [0, 0.1) is 0 Å². The van der Waals surface area contributed by atoms with Crippen LogP contribution in [0.5, 0.6) is 0 Å². The quantitative estimate of drug-likeness (QED) is 0.647. The van der Waals surface area contributed by atoms with E-state index in [1.165, 1.54) is 0 Å². The Morgan fingerprint density at radius 2 is 1.73 bits per heavy atom. The molecule has 2 aromatic carbocycles. The van der Waals surface area contributed by atoms with Gasteiger partial charge in [-0.2, -0.15) is 0 Å². The maximum absolute atomic E-state index is 10.4. The monoisotopic (exact) mass is 494 g/mol. The van der Waals surface area contributed by atoms with Gasteiger partial charge in [-0.15, -0.1) is 0 Å². The van der Waals surface area contributed by atoms with E-state index in [0.717, 1.165) is 0 Å². The van der Waals surface area contributed by atoms with Crippen LogP contribution >= 0.6 is 46.4 Å². The van der Waals surface area contributed by atoms with Gasteiger partial charge in [-0.1, -0.05) is 64.6 Å². The van der Waals surface area contributed by atoms with Gasteiger partial charge in [0.2, 0.25) is 0 Å². The number of hydrogen-bond acceptors (Lipinski definition) is 6. The van der Waals surface area contributed by atoms with Crippen molar-refractivity contribution in [2.24, 2.45) is 0 Å². The molecule has 0 aliphatic carbocycles. The summed E-state index contributed by atoms with van der Waals surface area (Å²) in [6.07, 6.45) is -5.10. The smallest absolute Gasteiger partial charge is 0.186 e. The first-order valence-corrected chi connectivity index (χ1v) is 10.7. The highest BCUT2D eigenvalue weighted by Crippen LogP contribution is 2.42. The Morgan fingerprint density at radius 3 is 2.47 bits per heavy atom. The number of ether oxygens (including phenoxy) is 4. The third-order valence-electron chi connectivity index (χ3n) is 4.98. The van der Waals surface area contributed by atoms with Gasteiger partial charge in [0.25, 0.3) is 0 Å². The van der Waals surface area contributed by atoms with E-state index in [1.807, 2.05) is 0 Å². The molecule has 0 radical (unpaired) electrons. The van der Waals surface area contributed by atoms with E-state index >= 15 is 0 Å². The van der Waals surface area contributed by atoms with Gasteiger partial charge >= 0.3 is 0 Å². The van der Waals surface area contributed by atoms with Gasteiger partial charge in [0.05, 0.1) is 33.3 Å². The van der Waals surface area contributed by atoms with Crippen molar-refractivity contribution in [3.63, 3.8) is 0 Å². The highest BCUT2D eigenvalue weighted by molar-refractivity contribution is 6.42. The van der Waals surface area contributed by atoms with Crippen molar-refractivity contribution in [3.05, 3.63) is 67.6 Å². The lowest BCUT2D eigenvalue weighted by Gasteiger charge is -2.47. The molecule has 6 nitrogen and oxygen atoms in total. The molecule has 30 heavy (non-hydrogen) atoms. The lowest BCUT2D eigenvalue weighted by molar-refractivity contribution is -0.373. The van der Waals surface area contributed by atoms with Crippen LogP contribution in [-0.2, 0) is 18.9 Å². The van der Waals surface area contributed by atoms with E-state index in [1.54, 1.807) is 36.4 Å². The number of rotatable bonds is 4. The summed E-state index contributed by atoms with van der Waals surface area (Å²) >= 11 is 24.5. The van der Waals surface area contributed by atoms with Crippen LogP contribution in [0.25, 0.3) is 0 Å². The van der Waals surface area contributed by atoms with Crippen LogP contribution in [0.15, 0.2) is 36.4 Å². The highest BCUT2D eigenvalue weighted by atomic mass is 35.5. The fourth-order valence-electron chi connectivity index (χ4n) is 3.46. The maximum atomic E-state index is 10.4. The second-order valence-electron chi connectivity index (χ2n) is 6.94. The molecular formula is C20H18Cl4O6. The first-order chi connectivity index (χ1) is 14.4. The average molecular weight is 496 g/mol. The lowest BCUT2D eigenvalue weighted by atomic mass is 9.99. The number of aliphatic hydroxyl groups is 2. The van der Waals surface area contributed by atoms with Crippen LogP contribution in [0.1, 0.15) is 23.7 Å². The highest BCUT2D eigenvalue weighted by Gasteiger charge is 2.48. The molecule has 10 heteroatoms. The van der Waals surface area contributed by atoms with Crippen LogP contribution in [0.3, 0.4) is 0 Å². The van der Waals surface area contributed by atoms with E-state index < -0.39 is 43.6 Å². The average Bonchev–Trinajstić information content (AvgIpc) is 2.76. The second kappa shape index (κ2) is 9.46. The predicted octanol–water partition coefficient (Wildman–Crippen LogP) is 4.55. The number of hydrogen-bond donors (Lipinski definition) is 2. The van der Waals surface area contributed by atoms with Crippen molar-refractivity contribution in [2.75, 3.05) is 13.2 Å². The Morgan fingerprint density at radius 1 is 0.933 bits per heavy atom. The molecule has 4 rings (SSSR count). The number of aliphatic hydroxyl groups excluding tert-OH is 2. The Balaban J connectivity index is 1.59.